The second kappa shape index (κ2) is 7.73. The third kappa shape index (κ3) is 4.95. The third-order valence-corrected chi connectivity index (χ3v) is 3.95. The van der Waals surface area contributed by atoms with Crippen molar-refractivity contribution >= 4 is 17.5 Å². The summed E-state index contributed by atoms with van der Waals surface area (Å²) >= 11 is 5.83. The first-order chi connectivity index (χ1) is 10.1. The molecule has 0 aliphatic heterocycles. The van der Waals surface area contributed by atoms with E-state index in [0.29, 0.717) is 19.2 Å². The van der Waals surface area contributed by atoms with Crippen molar-refractivity contribution in [3.8, 4) is 0 Å². The van der Waals surface area contributed by atoms with E-state index in [1.54, 1.807) is 0 Å². The molecule has 1 aliphatic rings. The zero-order valence-electron chi connectivity index (χ0n) is 11.8. The highest BCUT2D eigenvalue weighted by atomic mass is 35.5. The lowest BCUT2D eigenvalue weighted by Crippen LogP contribution is -2.33. The fraction of sp³-hybridized carbons (Fsp3) is 0.533. The average molecular weight is 315 g/mol. The minimum atomic E-state index is -0.463. The summed E-state index contributed by atoms with van der Waals surface area (Å²) in [6, 6.07) is 4.00. The Morgan fingerprint density at radius 3 is 2.76 bits per heavy atom. The van der Waals surface area contributed by atoms with Crippen molar-refractivity contribution in [2.45, 2.75) is 37.8 Å². The number of halogens is 2. The van der Waals surface area contributed by atoms with Gasteiger partial charge in [-0.15, -0.1) is 0 Å². The maximum atomic E-state index is 12.9. The molecular weight excluding hydrogens is 295 g/mol. The van der Waals surface area contributed by atoms with Crippen LogP contribution in [0.5, 0.6) is 0 Å². The van der Waals surface area contributed by atoms with Crippen LogP contribution in [-0.4, -0.2) is 31.2 Å². The summed E-state index contributed by atoms with van der Waals surface area (Å²) in [5.74, 6) is -0.787. The lowest BCUT2D eigenvalue weighted by atomic mass is 9.94. The minimum Gasteiger partial charge on any atom is -0.376 e. The Bertz CT molecular complexity index is 491. The number of carbonyl (C=O) groups excluding carboxylic acids is 1. The maximum Gasteiger partial charge on any atom is 0.252 e. The first kappa shape index (κ1) is 16.2. The van der Waals surface area contributed by atoms with Crippen LogP contribution < -0.4 is 11.1 Å². The lowest BCUT2D eigenvalue weighted by Gasteiger charge is -2.26. The van der Waals surface area contributed by atoms with Crippen LogP contribution in [0.25, 0.3) is 0 Å². The molecule has 1 aromatic carbocycles. The summed E-state index contributed by atoms with van der Waals surface area (Å²) in [5.41, 5.74) is 6.09. The minimum absolute atomic E-state index is 0.106. The lowest BCUT2D eigenvalue weighted by molar-refractivity contribution is 0.0267. The van der Waals surface area contributed by atoms with E-state index < -0.39 is 5.82 Å². The van der Waals surface area contributed by atoms with E-state index in [1.807, 2.05) is 0 Å². The van der Waals surface area contributed by atoms with E-state index in [0.717, 1.165) is 31.7 Å². The highest BCUT2D eigenvalue weighted by molar-refractivity contribution is 6.33. The van der Waals surface area contributed by atoms with Crippen molar-refractivity contribution in [1.29, 1.82) is 0 Å². The van der Waals surface area contributed by atoms with Gasteiger partial charge in [0.25, 0.3) is 5.91 Å². The number of hydrogen-bond donors (Lipinski definition) is 2. The number of nitrogens with two attached hydrogens (primary N) is 1. The predicted molar refractivity (Wildman–Crippen MR) is 79.9 cm³/mol. The molecule has 116 valence electrons. The van der Waals surface area contributed by atoms with E-state index in [-0.39, 0.29) is 22.6 Å². The molecule has 1 fully saturated rings. The SMILES string of the molecule is NC1CCC(OCCNC(=O)c2ccc(F)cc2Cl)CC1. The van der Waals surface area contributed by atoms with Crippen LogP contribution in [0.1, 0.15) is 36.0 Å². The van der Waals surface area contributed by atoms with Crippen molar-refractivity contribution in [3.63, 3.8) is 0 Å². The topological polar surface area (TPSA) is 64.3 Å². The Labute approximate surface area is 128 Å². The molecule has 0 radical (unpaired) electrons. The number of nitrogens with one attached hydrogen (secondary N) is 1. The van der Waals surface area contributed by atoms with Crippen LogP contribution in [0, 0.1) is 5.82 Å². The smallest absolute Gasteiger partial charge is 0.252 e. The summed E-state index contributed by atoms with van der Waals surface area (Å²) < 4.78 is 18.6. The molecule has 0 saturated heterocycles. The van der Waals surface area contributed by atoms with Crippen molar-refractivity contribution < 1.29 is 13.9 Å². The first-order valence-corrected chi connectivity index (χ1v) is 7.54. The highest BCUT2D eigenvalue weighted by Gasteiger charge is 2.18. The van der Waals surface area contributed by atoms with Gasteiger partial charge in [0.1, 0.15) is 5.82 Å². The molecule has 4 nitrogen and oxygen atoms in total. The quantitative estimate of drug-likeness (QED) is 0.821. The summed E-state index contributed by atoms with van der Waals surface area (Å²) in [6.07, 6.45) is 4.15. The molecule has 1 aromatic rings. The van der Waals surface area contributed by atoms with Gasteiger partial charge in [-0.2, -0.15) is 0 Å². The molecule has 2 rings (SSSR count). The summed E-state index contributed by atoms with van der Waals surface area (Å²) in [6.45, 7) is 0.847. The molecule has 0 atom stereocenters. The normalized spacial score (nSPS) is 22.0. The molecule has 1 saturated carbocycles. The first-order valence-electron chi connectivity index (χ1n) is 7.16. The van der Waals surface area contributed by atoms with Gasteiger partial charge in [-0.1, -0.05) is 11.6 Å². The Kier molecular flexibility index (Phi) is 5.96. The summed E-state index contributed by atoms with van der Waals surface area (Å²) in [7, 11) is 0. The van der Waals surface area contributed by atoms with Gasteiger partial charge >= 0.3 is 0 Å². The number of carbonyl (C=O) groups is 1. The number of rotatable bonds is 5. The summed E-state index contributed by atoms with van der Waals surface area (Å²) in [4.78, 5) is 11.9. The van der Waals surface area contributed by atoms with Gasteiger partial charge in [0.05, 0.1) is 23.3 Å². The molecule has 3 N–H and O–H groups in total. The van der Waals surface area contributed by atoms with Crippen LogP contribution >= 0.6 is 11.6 Å². The number of ether oxygens (including phenoxy) is 1. The monoisotopic (exact) mass is 314 g/mol. The third-order valence-electron chi connectivity index (χ3n) is 3.64. The average Bonchev–Trinajstić information content (AvgIpc) is 2.45. The van der Waals surface area contributed by atoms with E-state index in [9.17, 15) is 9.18 Å². The number of benzene rings is 1. The van der Waals surface area contributed by atoms with E-state index >= 15 is 0 Å². The zero-order valence-corrected chi connectivity index (χ0v) is 12.5. The second-order valence-corrected chi connectivity index (χ2v) is 5.69. The van der Waals surface area contributed by atoms with Crippen LogP contribution in [0.15, 0.2) is 18.2 Å². The molecule has 0 bridgehead atoms. The van der Waals surface area contributed by atoms with Crippen molar-refractivity contribution in [1.82, 2.24) is 5.32 Å². The summed E-state index contributed by atoms with van der Waals surface area (Å²) in [5, 5.41) is 2.82. The van der Waals surface area contributed by atoms with Gasteiger partial charge in [0.2, 0.25) is 0 Å². The molecule has 1 amide bonds. The van der Waals surface area contributed by atoms with Crippen LogP contribution in [0.4, 0.5) is 4.39 Å². The van der Waals surface area contributed by atoms with Crippen LogP contribution in [-0.2, 0) is 4.74 Å². The van der Waals surface area contributed by atoms with Crippen molar-refractivity contribution in [2.75, 3.05) is 13.2 Å². The van der Waals surface area contributed by atoms with E-state index in [4.69, 9.17) is 22.1 Å². The standard InChI is InChI=1S/C15H20ClFN2O2/c16-14-9-10(17)1-6-13(14)15(20)19-7-8-21-12-4-2-11(18)3-5-12/h1,6,9,11-12H,2-5,7-8,18H2,(H,19,20). The molecule has 0 heterocycles. The van der Waals surface area contributed by atoms with Gasteiger partial charge in [-0.25, -0.2) is 4.39 Å². The number of hydrogen-bond acceptors (Lipinski definition) is 3. The molecule has 0 unspecified atom stereocenters. The number of amides is 1. The Balaban J connectivity index is 1.69. The fourth-order valence-electron chi connectivity index (χ4n) is 2.41. The van der Waals surface area contributed by atoms with Crippen molar-refractivity contribution in [2.24, 2.45) is 5.73 Å². The largest absolute Gasteiger partial charge is 0.376 e. The molecule has 0 spiro atoms. The van der Waals surface area contributed by atoms with E-state index in [2.05, 4.69) is 5.32 Å². The molecule has 21 heavy (non-hydrogen) atoms. The zero-order chi connectivity index (χ0) is 15.2. The van der Waals surface area contributed by atoms with Crippen molar-refractivity contribution in [3.05, 3.63) is 34.6 Å². The van der Waals surface area contributed by atoms with Crippen LogP contribution in [0.2, 0.25) is 5.02 Å². The Hall–Kier alpha value is -1.17. The van der Waals surface area contributed by atoms with Gasteiger partial charge in [0.15, 0.2) is 0 Å². The molecular formula is C15H20ClFN2O2. The Morgan fingerprint density at radius 1 is 1.38 bits per heavy atom. The molecule has 1 aliphatic carbocycles. The second-order valence-electron chi connectivity index (χ2n) is 5.29. The van der Waals surface area contributed by atoms with Gasteiger partial charge in [-0.05, 0) is 43.9 Å². The molecule has 6 heteroatoms. The fourth-order valence-corrected chi connectivity index (χ4v) is 2.67. The van der Waals surface area contributed by atoms with Gasteiger partial charge in [-0.3, -0.25) is 4.79 Å². The van der Waals surface area contributed by atoms with Gasteiger partial charge < -0.3 is 15.8 Å². The van der Waals surface area contributed by atoms with Crippen LogP contribution in [0.3, 0.4) is 0 Å². The Morgan fingerprint density at radius 2 is 2.10 bits per heavy atom. The van der Waals surface area contributed by atoms with E-state index in [1.165, 1.54) is 12.1 Å². The maximum absolute atomic E-state index is 12.9. The predicted octanol–water partition coefficient (Wildman–Crippen LogP) is 2.50. The highest BCUT2D eigenvalue weighted by Crippen LogP contribution is 2.19. The van der Waals surface area contributed by atoms with Gasteiger partial charge in [0, 0.05) is 12.6 Å². The molecule has 0 aromatic heterocycles.